The summed E-state index contributed by atoms with van der Waals surface area (Å²) < 4.78 is 0. The maximum Gasteiger partial charge on any atom is 0.159 e. The van der Waals surface area contributed by atoms with E-state index in [1.165, 1.54) is 6.08 Å². The Bertz CT molecular complexity index is 297. The van der Waals surface area contributed by atoms with Crippen LogP contribution in [-0.2, 0) is 0 Å². The Morgan fingerprint density at radius 1 is 1.33 bits per heavy atom. The minimum atomic E-state index is -1.01. The number of nitriles is 1. The van der Waals surface area contributed by atoms with Crippen LogP contribution in [0.1, 0.15) is 5.56 Å². The molecule has 0 heterocycles. The van der Waals surface area contributed by atoms with E-state index in [1.807, 2.05) is 30.3 Å². The highest BCUT2D eigenvalue weighted by Crippen LogP contribution is 2.01. The first-order valence-electron chi connectivity index (χ1n) is 3.64. The standard InChI is InChI=1S/C10H9NO/c11-8-10(12)7-6-9-4-2-1-3-5-9/h1-7,10,12H/t10-/m1/s1. The van der Waals surface area contributed by atoms with Crippen molar-refractivity contribution in [2.45, 2.75) is 6.10 Å². The second-order valence-corrected chi connectivity index (χ2v) is 2.34. The molecule has 0 unspecified atom stereocenters. The number of benzene rings is 1. The maximum atomic E-state index is 8.87. The molecule has 2 nitrogen and oxygen atoms in total. The molecule has 0 amide bonds. The van der Waals surface area contributed by atoms with Crippen molar-refractivity contribution in [2.75, 3.05) is 0 Å². The van der Waals surface area contributed by atoms with Gasteiger partial charge in [-0.05, 0) is 11.6 Å². The zero-order chi connectivity index (χ0) is 8.81. The highest BCUT2D eigenvalue weighted by molar-refractivity contribution is 5.49. The summed E-state index contributed by atoms with van der Waals surface area (Å²) in [6, 6.07) is 11.2. The summed E-state index contributed by atoms with van der Waals surface area (Å²) in [4.78, 5) is 0. The Morgan fingerprint density at radius 3 is 2.58 bits per heavy atom. The molecule has 1 aromatic carbocycles. The van der Waals surface area contributed by atoms with E-state index >= 15 is 0 Å². The number of rotatable bonds is 2. The minimum Gasteiger partial charge on any atom is -0.374 e. The van der Waals surface area contributed by atoms with Gasteiger partial charge in [0.05, 0.1) is 6.07 Å². The van der Waals surface area contributed by atoms with Gasteiger partial charge in [-0.2, -0.15) is 5.26 Å². The summed E-state index contributed by atoms with van der Waals surface area (Å²) >= 11 is 0. The number of hydrogen-bond donors (Lipinski definition) is 1. The molecule has 0 bridgehead atoms. The molecule has 0 fully saturated rings. The van der Waals surface area contributed by atoms with Crippen LogP contribution in [0.2, 0.25) is 0 Å². The van der Waals surface area contributed by atoms with Crippen LogP contribution in [0.25, 0.3) is 6.08 Å². The summed E-state index contributed by atoms with van der Waals surface area (Å²) in [6.07, 6.45) is 2.16. The van der Waals surface area contributed by atoms with E-state index in [4.69, 9.17) is 10.4 Å². The van der Waals surface area contributed by atoms with Gasteiger partial charge in [-0.3, -0.25) is 0 Å². The van der Waals surface area contributed by atoms with Crippen LogP contribution in [-0.4, -0.2) is 11.2 Å². The Balaban J connectivity index is 2.65. The number of aliphatic hydroxyl groups is 1. The summed E-state index contributed by atoms with van der Waals surface area (Å²) in [5.74, 6) is 0. The normalized spacial score (nSPS) is 12.7. The molecule has 1 aromatic rings. The topological polar surface area (TPSA) is 44.0 Å². The van der Waals surface area contributed by atoms with Gasteiger partial charge in [0, 0.05) is 0 Å². The zero-order valence-electron chi connectivity index (χ0n) is 6.51. The second kappa shape index (κ2) is 4.32. The molecule has 60 valence electrons. The summed E-state index contributed by atoms with van der Waals surface area (Å²) in [6.45, 7) is 0. The van der Waals surface area contributed by atoms with Crippen molar-refractivity contribution in [2.24, 2.45) is 0 Å². The Kier molecular flexibility index (Phi) is 3.06. The predicted octanol–water partition coefficient (Wildman–Crippen LogP) is 1.58. The van der Waals surface area contributed by atoms with E-state index < -0.39 is 6.10 Å². The highest BCUT2D eigenvalue weighted by atomic mass is 16.3. The Hall–Kier alpha value is -1.59. The molecule has 12 heavy (non-hydrogen) atoms. The zero-order valence-corrected chi connectivity index (χ0v) is 6.51. The van der Waals surface area contributed by atoms with Gasteiger partial charge in [0.1, 0.15) is 0 Å². The van der Waals surface area contributed by atoms with Crippen LogP contribution < -0.4 is 0 Å². The molecular weight excluding hydrogens is 150 g/mol. The van der Waals surface area contributed by atoms with Gasteiger partial charge < -0.3 is 5.11 Å². The molecule has 0 saturated heterocycles. The van der Waals surface area contributed by atoms with Gasteiger partial charge in [0.2, 0.25) is 0 Å². The summed E-state index contributed by atoms with van der Waals surface area (Å²) in [5, 5.41) is 17.1. The van der Waals surface area contributed by atoms with Gasteiger partial charge >= 0.3 is 0 Å². The average Bonchev–Trinajstić information content (AvgIpc) is 2.16. The maximum absolute atomic E-state index is 8.87. The Labute approximate surface area is 71.4 Å². The fraction of sp³-hybridized carbons (Fsp3) is 0.100. The SMILES string of the molecule is N#C[C@H](O)C=Cc1ccccc1. The fourth-order valence-corrected chi connectivity index (χ4v) is 0.809. The smallest absolute Gasteiger partial charge is 0.159 e. The third-order valence-electron chi connectivity index (χ3n) is 1.40. The van der Waals surface area contributed by atoms with E-state index in [9.17, 15) is 0 Å². The fourth-order valence-electron chi connectivity index (χ4n) is 0.809. The van der Waals surface area contributed by atoms with Crippen LogP contribution in [0.3, 0.4) is 0 Å². The molecule has 2 heteroatoms. The van der Waals surface area contributed by atoms with Gasteiger partial charge in [0.15, 0.2) is 6.10 Å². The van der Waals surface area contributed by atoms with Crippen LogP contribution >= 0.6 is 0 Å². The molecular formula is C10H9NO. The largest absolute Gasteiger partial charge is 0.374 e. The van der Waals surface area contributed by atoms with Crippen molar-refractivity contribution in [3.05, 3.63) is 42.0 Å². The van der Waals surface area contributed by atoms with Crippen LogP contribution in [0, 0.1) is 11.3 Å². The van der Waals surface area contributed by atoms with E-state index in [0.29, 0.717) is 0 Å². The molecule has 0 spiro atoms. The average molecular weight is 159 g/mol. The van der Waals surface area contributed by atoms with Gasteiger partial charge in [-0.1, -0.05) is 36.4 Å². The molecule has 0 radical (unpaired) electrons. The van der Waals surface area contributed by atoms with Crippen molar-refractivity contribution in [3.8, 4) is 6.07 Å². The lowest BCUT2D eigenvalue weighted by molar-refractivity contribution is 0.279. The van der Waals surface area contributed by atoms with Crippen LogP contribution in [0.15, 0.2) is 36.4 Å². The molecule has 1 N–H and O–H groups in total. The predicted molar refractivity (Wildman–Crippen MR) is 47.1 cm³/mol. The van der Waals surface area contributed by atoms with Crippen molar-refractivity contribution in [1.29, 1.82) is 5.26 Å². The van der Waals surface area contributed by atoms with Crippen LogP contribution in [0.5, 0.6) is 0 Å². The monoisotopic (exact) mass is 159 g/mol. The summed E-state index contributed by atoms with van der Waals surface area (Å²) in [5.41, 5.74) is 0.979. The number of aliphatic hydroxyl groups excluding tert-OH is 1. The van der Waals surface area contributed by atoms with E-state index in [2.05, 4.69) is 0 Å². The second-order valence-electron chi connectivity index (χ2n) is 2.34. The quantitative estimate of drug-likeness (QED) is 0.666. The minimum absolute atomic E-state index is 0.979. The summed E-state index contributed by atoms with van der Waals surface area (Å²) in [7, 11) is 0. The molecule has 1 rings (SSSR count). The third kappa shape index (κ3) is 2.57. The third-order valence-corrected chi connectivity index (χ3v) is 1.40. The molecule has 0 aromatic heterocycles. The first-order valence-corrected chi connectivity index (χ1v) is 3.64. The van der Waals surface area contributed by atoms with E-state index in [0.717, 1.165) is 5.56 Å². The van der Waals surface area contributed by atoms with Crippen molar-refractivity contribution >= 4 is 6.08 Å². The van der Waals surface area contributed by atoms with Gasteiger partial charge in [0.25, 0.3) is 0 Å². The van der Waals surface area contributed by atoms with Crippen molar-refractivity contribution < 1.29 is 5.11 Å². The first kappa shape index (κ1) is 8.51. The lowest BCUT2D eigenvalue weighted by atomic mass is 10.2. The van der Waals surface area contributed by atoms with E-state index in [1.54, 1.807) is 12.1 Å². The highest BCUT2D eigenvalue weighted by Gasteiger charge is 1.91. The molecule has 0 aliphatic carbocycles. The molecule has 0 aliphatic heterocycles. The molecule has 1 atom stereocenters. The first-order chi connectivity index (χ1) is 5.83. The Morgan fingerprint density at radius 2 is 2.00 bits per heavy atom. The van der Waals surface area contributed by atoms with Gasteiger partial charge in [-0.15, -0.1) is 0 Å². The lowest BCUT2D eigenvalue weighted by Gasteiger charge is -1.92. The number of nitrogens with zero attached hydrogens (tertiary/aromatic N) is 1. The van der Waals surface area contributed by atoms with Gasteiger partial charge in [-0.25, -0.2) is 0 Å². The lowest BCUT2D eigenvalue weighted by Crippen LogP contribution is -1.94. The molecule has 0 saturated carbocycles. The molecule has 0 aliphatic rings. The van der Waals surface area contributed by atoms with Crippen molar-refractivity contribution in [3.63, 3.8) is 0 Å². The van der Waals surface area contributed by atoms with E-state index in [-0.39, 0.29) is 0 Å². The van der Waals surface area contributed by atoms with Crippen molar-refractivity contribution in [1.82, 2.24) is 0 Å². The van der Waals surface area contributed by atoms with Crippen LogP contribution in [0.4, 0.5) is 0 Å². The number of hydrogen-bond acceptors (Lipinski definition) is 2.